The lowest BCUT2D eigenvalue weighted by Crippen LogP contribution is -2.16. The van der Waals surface area contributed by atoms with Gasteiger partial charge in [0.15, 0.2) is 0 Å². The molecule has 0 unspecified atom stereocenters. The van der Waals surface area contributed by atoms with Crippen LogP contribution in [0, 0.1) is 20.8 Å². The normalized spacial score (nSPS) is 10.9. The predicted molar refractivity (Wildman–Crippen MR) is 87.2 cm³/mol. The zero-order valence-electron chi connectivity index (χ0n) is 12.5. The molecule has 0 saturated heterocycles. The lowest BCUT2D eigenvalue weighted by molar-refractivity contribution is 0.488. The average molecular weight is 289 g/mol. The summed E-state index contributed by atoms with van der Waals surface area (Å²) in [6, 6.07) is 8.48. The van der Waals surface area contributed by atoms with Crippen molar-refractivity contribution < 1.29 is 4.42 Å². The van der Waals surface area contributed by atoms with Gasteiger partial charge in [-0.05, 0) is 49.6 Å². The number of hydrogen-bond donors (Lipinski definition) is 1. The van der Waals surface area contributed by atoms with Gasteiger partial charge in [0.05, 0.1) is 12.8 Å². The molecule has 1 N–H and O–H groups in total. The second kappa shape index (κ2) is 7.55. The third kappa shape index (κ3) is 4.43. The van der Waals surface area contributed by atoms with E-state index in [2.05, 4.69) is 38.2 Å². The fraction of sp³-hybridized carbons (Fsp3) is 0.412. The lowest BCUT2D eigenvalue weighted by Gasteiger charge is -2.11. The zero-order chi connectivity index (χ0) is 14.4. The minimum atomic E-state index is 0.816. The van der Waals surface area contributed by atoms with Gasteiger partial charge in [-0.3, -0.25) is 0 Å². The molecule has 0 amide bonds. The molecule has 2 rings (SSSR count). The Morgan fingerprint density at radius 2 is 1.90 bits per heavy atom. The Morgan fingerprint density at radius 1 is 1.15 bits per heavy atom. The topological polar surface area (TPSA) is 25.2 Å². The first-order chi connectivity index (χ1) is 9.66. The van der Waals surface area contributed by atoms with Gasteiger partial charge in [-0.1, -0.05) is 17.7 Å². The van der Waals surface area contributed by atoms with Crippen molar-refractivity contribution in [2.75, 3.05) is 12.3 Å². The molecule has 0 aliphatic heterocycles. The van der Waals surface area contributed by atoms with E-state index in [9.17, 15) is 0 Å². The molecule has 2 aromatic rings. The minimum Gasteiger partial charge on any atom is -0.468 e. The molecule has 108 valence electrons. The molecule has 20 heavy (non-hydrogen) atoms. The van der Waals surface area contributed by atoms with E-state index in [4.69, 9.17) is 4.42 Å². The van der Waals surface area contributed by atoms with Gasteiger partial charge in [0.2, 0.25) is 0 Å². The molecule has 3 heteroatoms. The van der Waals surface area contributed by atoms with Crippen LogP contribution in [0.3, 0.4) is 0 Å². The molecular formula is C17H23NOS. The minimum absolute atomic E-state index is 0.816. The van der Waals surface area contributed by atoms with Crippen molar-refractivity contribution in [3.8, 4) is 0 Å². The van der Waals surface area contributed by atoms with E-state index in [1.807, 2.05) is 23.9 Å². The van der Waals surface area contributed by atoms with E-state index in [1.54, 1.807) is 6.26 Å². The van der Waals surface area contributed by atoms with E-state index in [0.717, 1.165) is 30.4 Å². The summed E-state index contributed by atoms with van der Waals surface area (Å²) in [5, 5.41) is 3.40. The summed E-state index contributed by atoms with van der Waals surface area (Å²) in [7, 11) is 0. The summed E-state index contributed by atoms with van der Waals surface area (Å²) >= 11 is 1.98. The molecule has 0 aliphatic rings. The summed E-state index contributed by atoms with van der Waals surface area (Å²) in [5.41, 5.74) is 5.68. The summed E-state index contributed by atoms with van der Waals surface area (Å²) in [5.74, 6) is 3.22. The van der Waals surface area contributed by atoms with E-state index in [1.165, 1.54) is 22.3 Å². The maximum absolute atomic E-state index is 5.28. The second-order valence-corrected chi connectivity index (χ2v) is 6.29. The second-order valence-electron chi connectivity index (χ2n) is 5.19. The van der Waals surface area contributed by atoms with Gasteiger partial charge in [-0.2, -0.15) is 11.8 Å². The van der Waals surface area contributed by atoms with Crippen molar-refractivity contribution in [3.05, 3.63) is 58.5 Å². The van der Waals surface area contributed by atoms with Gasteiger partial charge in [0.25, 0.3) is 0 Å². The maximum atomic E-state index is 5.28. The Morgan fingerprint density at radius 3 is 2.55 bits per heavy atom. The summed E-state index contributed by atoms with van der Waals surface area (Å²) in [6.07, 6.45) is 1.72. The van der Waals surface area contributed by atoms with Crippen LogP contribution < -0.4 is 5.32 Å². The van der Waals surface area contributed by atoms with Crippen molar-refractivity contribution >= 4 is 11.8 Å². The van der Waals surface area contributed by atoms with Crippen LogP contribution in [0.2, 0.25) is 0 Å². The Labute approximate surface area is 126 Å². The first-order valence-electron chi connectivity index (χ1n) is 7.04. The molecule has 0 fully saturated rings. The lowest BCUT2D eigenvalue weighted by atomic mass is 10.0. The number of furan rings is 1. The summed E-state index contributed by atoms with van der Waals surface area (Å²) < 4.78 is 5.28. The summed E-state index contributed by atoms with van der Waals surface area (Å²) in [6.45, 7) is 8.41. The third-order valence-corrected chi connectivity index (χ3v) is 4.37. The van der Waals surface area contributed by atoms with Gasteiger partial charge < -0.3 is 9.73 Å². The number of benzene rings is 1. The number of nitrogens with one attached hydrogen (secondary N) is 1. The summed E-state index contributed by atoms with van der Waals surface area (Å²) in [4.78, 5) is 0. The van der Waals surface area contributed by atoms with E-state index >= 15 is 0 Å². The molecule has 0 aliphatic carbocycles. The van der Waals surface area contributed by atoms with Gasteiger partial charge in [0, 0.05) is 18.1 Å². The molecule has 1 heterocycles. The molecule has 1 aromatic carbocycles. The molecule has 2 nitrogen and oxygen atoms in total. The number of aryl methyl sites for hydroxylation is 3. The molecule has 0 atom stereocenters. The fourth-order valence-corrected chi connectivity index (χ4v) is 3.47. The van der Waals surface area contributed by atoms with Gasteiger partial charge in [-0.15, -0.1) is 0 Å². The number of thioether (sulfide) groups is 1. The molecule has 0 spiro atoms. The van der Waals surface area contributed by atoms with Crippen molar-refractivity contribution in [1.82, 2.24) is 5.32 Å². The van der Waals surface area contributed by atoms with Crippen LogP contribution >= 0.6 is 11.8 Å². The zero-order valence-corrected chi connectivity index (χ0v) is 13.3. The van der Waals surface area contributed by atoms with Crippen molar-refractivity contribution in [2.24, 2.45) is 0 Å². The molecule has 0 radical (unpaired) electrons. The van der Waals surface area contributed by atoms with Crippen LogP contribution in [0.5, 0.6) is 0 Å². The first kappa shape index (κ1) is 15.2. The number of hydrogen-bond acceptors (Lipinski definition) is 3. The van der Waals surface area contributed by atoms with E-state index in [-0.39, 0.29) is 0 Å². The Bertz CT molecular complexity index is 511. The average Bonchev–Trinajstić information content (AvgIpc) is 2.89. The smallest absolute Gasteiger partial charge is 0.117 e. The number of rotatable bonds is 7. The van der Waals surface area contributed by atoms with Crippen LogP contribution in [0.25, 0.3) is 0 Å². The highest BCUT2D eigenvalue weighted by Gasteiger charge is 2.03. The van der Waals surface area contributed by atoms with Crippen LogP contribution in [0.15, 0.2) is 34.9 Å². The standard InChI is InChI=1S/C17H23NOS/c1-13-9-14(2)17(15(3)10-13)12-20-8-6-18-11-16-5-4-7-19-16/h4-5,7,9-10,18H,6,8,11-12H2,1-3H3. The molecular weight excluding hydrogens is 266 g/mol. The monoisotopic (exact) mass is 289 g/mol. The van der Waals surface area contributed by atoms with Crippen LogP contribution in [0.4, 0.5) is 0 Å². The van der Waals surface area contributed by atoms with Crippen LogP contribution in [-0.2, 0) is 12.3 Å². The maximum Gasteiger partial charge on any atom is 0.117 e. The van der Waals surface area contributed by atoms with Crippen molar-refractivity contribution in [2.45, 2.75) is 33.1 Å². The van der Waals surface area contributed by atoms with Crippen LogP contribution in [0.1, 0.15) is 28.0 Å². The van der Waals surface area contributed by atoms with Crippen LogP contribution in [-0.4, -0.2) is 12.3 Å². The quantitative estimate of drug-likeness (QED) is 0.772. The highest BCUT2D eigenvalue weighted by molar-refractivity contribution is 7.98. The van der Waals surface area contributed by atoms with E-state index < -0.39 is 0 Å². The van der Waals surface area contributed by atoms with E-state index in [0.29, 0.717) is 0 Å². The van der Waals surface area contributed by atoms with Gasteiger partial charge >= 0.3 is 0 Å². The highest BCUT2D eigenvalue weighted by Crippen LogP contribution is 2.21. The Kier molecular flexibility index (Phi) is 5.74. The van der Waals surface area contributed by atoms with Crippen molar-refractivity contribution in [1.29, 1.82) is 0 Å². The molecule has 0 saturated carbocycles. The fourth-order valence-electron chi connectivity index (χ4n) is 2.38. The Hall–Kier alpha value is -1.19. The highest BCUT2D eigenvalue weighted by atomic mass is 32.2. The SMILES string of the molecule is Cc1cc(C)c(CSCCNCc2ccco2)c(C)c1. The largest absolute Gasteiger partial charge is 0.468 e. The molecule has 0 bridgehead atoms. The first-order valence-corrected chi connectivity index (χ1v) is 8.20. The van der Waals surface area contributed by atoms with Gasteiger partial charge in [0.1, 0.15) is 5.76 Å². The predicted octanol–water partition coefficient (Wildman–Crippen LogP) is 4.23. The Balaban J connectivity index is 1.68. The molecule has 1 aromatic heterocycles. The van der Waals surface area contributed by atoms with Gasteiger partial charge in [-0.25, -0.2) is 0 Å². The third-order valence-electron chi connectivity index (χ3n) is 3.39. The van der Waals surface area contributed by atoms with Crippen molar-refractivity contribution in [3.63, 3.8) is 0 Å².